The van der Waals surface area contributed by atoms with Crippen molar-refractivity contribution < 1.29 is 4.79 Å². The quantitative estimate of drug-likeness (QED) is 0.772. The molecule has 3 aromatic rings. The Morgan fingerprint density at radius 2 is 2.00 bits per heavy atom. The van der Waals surface area contributed by atoms with Crippen LogP contribution in [0.25, 0.3) is 10.9 Å². The summed E-state index contributed by atoms with van der Waals surface area (Å²) in [5.74, 6) is 0.901. The maximum Gasteiger partial charge on any atom is 0.253 e. The second-order valence-corrected chi connectivity index (χ2v) is 6.55. The van der Waals surface area contributed by atoms with E-state index in [0.29, 0.717) is 6.04 Å². The number of hydrogen-bond donors (Lipinski definition) is 2. The van der Waals surface area contributed by atoms with E-state index < -0.39 is 0 Å². The molecule has 3 heterocycles. The van der Waals surface area contributed by atoms with Crippen molar-refractivity contribution in [1.82, 2.24) is 20.1 Å². The van der Waals surface area contributed by atoms with Crippen molar-refractivity contribution in [2.24, 2.45) is 0 Å². The average Bonchev–Trinajstić information content (AvgIpc) is 3.11. The van der Waals surface area contributed by atoms with Crippen molar-refractivity contribution in [3.05, 3.63) is 53.9 Å². The van der Waals surface area contributed by atoms with Crippen LogP contribution in [0.1, 0.15) is 28.9 Å². The van der Waals surface area contributed by atoms with E-state index in [-0.39, 0.29) is 5.91 Å². The number of hydrogen-bond acceptors (Lipinski definition) is 4. The Morgan fingerprint density at radius 1 is 1.16 bits per heavy atom. The Labute approximate surface area is 146 Å². The van der Waals surface area contributed by atoms with Crippen molar-refractivity contribution in [3.8, 4) is 0 Å². The minimum Gasteiger partial charge on any atom is -0.366 e. The number of amides is 1. The van der Waals surface area contributed by atoms with Gasteiger partial charge in [-0.25, -0.2) is 0 Å². The van der Waals surface area contributed by atoms with Crippen LogP contribution in [0.3, 0.4) is 0 Å². The lowest BCUT2D eigenvalue weighted by atomic mass is 10.0. The van der Waals surface area contributed by atoms with E-state index in [1.54, 1.807) is 0 Å². The molecule has 0 unspecified atom stereocenters. The lowest BCUT2D eigenvalue weighted by Crippen LogP contribution is -2.42. The van der Waals surface area contributed by atoms with Gasteiger partial charge >= 0.3 is 0 Å². The van der Waals surface area contributed by atoms with E-state index in [4.69, 9.17) is 0 Å². The second-order valence-electron chi connectivity index (χ2n) is 6.55. The number of rotatable bonds is 3. The molecule has 6 nitrogen and oxygen atoms in total. The molecular weight excluding hydrogens is 314 g/mol. The molecule has 1 aromatic carbocycles. The normalized spacial score (nSPS) is 15.5. The van der Waals surface area contributed by atoms with Crippen LogP contribution in [-0.4, -0.2) is 45.1 Å². The summed E-state index contributed by atoms with van der Waals surface area (Å²) >= 11 is 0. The minimum absolute atomic E-state index is 0.102. The summed E-state index contributed by atoms with van der Waals surface area (Å²) in [6.45, 7) is 3.42. The standard InChI is InChI=1S/C19H21N5O/c1-13-2-5-18(23-22-13)21-16-7-10-24(11-8-16)19(25)15-4-3-14-6-9-20-17(14)12-15/h2-6,9,12,16,20H,7-8,10-11H2,1H3,(H,21,23). The molecule has 6 heteroatoms. The summed E-state index contributed by atoms with van der Waals surface area (Å²) in [5.41, 5.74) is 2.65. The zero-order valence-electron chi connectivity index (χ0n) is 14.2. The van der Waals surface area contributed by atoms with Gasteiger partial charge in [0.25, 0.3) is 5.91 Å². The highest BCUT2D eigenvalue weighted by Crippen LogP contribution is 2.19. The van der Waals surface area contributed by atoms with Crippen molar-refractivity contribution in [2.45, 2.75) is 25.8 Å². The first kappa shape index (κ1) is 15.6. The lowest BCUT2D eigenvalue weighted by molar-refractivity contribution is 0.0718. The highest BCUT2D eigenvalue weighted by molar-refractivity contribution is 5.98. The van der Waals surface area contributed by atoms with Gasteiger partial charge in [0.1, 0.15) is 5.82 Å². The van der Waals surface area contributed by atoms with Gasteiger partial charge in [0, 0.05) is 36.4 Å². The fraction of sp³-hybridized carbons (Fsp3) is 0.316. The highest BCUT2D eigenvalue weighted by atomic mass is 16.2. The summed E-state index contributed by atoms with van der Waals surface area (Å²) < 4.78 is 0. The molecule has 128 valence electrons. The third kappa shape index (κ3) is 3.33. The average molecular weight is 335 g/mol. The van der Waals surface area contributed by atoms with Crippen molar-refractivity contribution in [1.29, 1.82) is 0 Å². The molecular formula is C19H21N5O. The largest absolute Gasteiger partial charge is 0.366 e. The maximum absolute atomic E-state index is 12.7. The SMILES string of the molecule is Cc1ccc(NC2CCN(C(=O)c3ccc4cc[nH]c4c3)CC2)nn1. The van der Waals surface area contributed by atoms with Gasteiger partial charge in [0.15, 0.2) is 0 Å². The molecule has 1 aliphatic heterocycles. The van der Waals surface area contributed by atoms with Gasteiger partial charge in [0.2, 0.25) is 0 Å². The topological polar surface area (TPSA) is 73.9 Å². The van der Waals surface area contributed by atoms with Gasteiger partial charge in [-0.15, -0.1) is 5.10 Å². The highest BCUT2D eigenvalue weighted by Gasteiger charge is 2.24. The van der Waals surface area contributed by atoms with Crippen LogP contribution >= 0.6 is 0 Å². The number of aromatic nitrogens is 3. The number of nitrogens with one attached hydrogen (secondary N) is 2. The molecule has 2 N–H and O–H groups in total. The molecule has 1 aliphatic rings. The van der Waals surface area contributed by atoms with Gasteiger partial charge in [-0.2, -0.15) is 5.10 Å². The molecule has 0 bridgehead atoms. The Hall–Kier alpha value is -2.89. The van der Waals surface area contributed by atoms with E-state index in [1.165, 1.54) is 0 Å². The van der Waals surface area contributed by atoms with Crippen LogP contribution in [0.2, 0.25) is 0 Å². The first-order valence-electron chi connectivity index (χ1n) is 8.62. The number of aryl methyl sites for hydroxylation is 1. The molecule has 1 saturated heterocycles. The Balaban J connectivity index is 1.37. The van der Waals surface area contributed by atoms with E-state index in [9.17, 15) is 4.79 Å². The van der Waals surface area contributed by atoms with Crippen molar-refractivity contribution in [3.63, 3.8) is 0 Å². The van der Waals surface area contributed by atoms with Crippen LogP contribution in [0, 0.1) is 6.92 Å². The number of aromatic amines is 1. The first-order chi connectivity index (χ1) is 12.2. The van der Waals surface area contributed by atoms with Gasteiger partial charge in [-0.05, 0) is 55.5 Å². The molecule has 0 aliphatic carbocycles. The fourth-order valence-electron chi connectivity index (χ4n) is 3.28. The zero-order valence-corrected chi connectivity index (χ0v) is 14.2. The van der Waals surface area contributed by atoms with Gasteiger partial charge < -0.3 is 15.2 Å². The molecule has 1 amide bonds. The summed E-state index contributed by atoms with van der Waals surface area (Å²) in [4.78, 5) is 17.8. The second kappa shape index (κ2) is 6.55. The smallest absolute Gasteiger partial charge is 0.253 e. The van der Waals surface area contributed by atoms with Crippen LogP contribution in [0.5, 0.6) is 0 Å². The zero-order chi connectivity index (χ0) is 17.2. The first-order valence-corrected chi connectivity index (χ1v) is 8.62. The molecule has 2 aromatic heterocycles. The Morgan fingerprint density at radius 3 is 2.76 bits per heavy atom. The van der Waals surface area contributed by atoms with Crippen LogP contribution in [0.15, 0.2) is 42.6 Å². The number of carbonyl (C=O) groups is 1. The van der Waals surface area contributed by atoms with E-state index >= 15 is 0 Å². The number of carbonyl (C=O) groups excluding carboxylic acids is 1. The molecule has 25 heavy (non-hydrogen) atoms. The number of fused-ring (bicyclic) bond motifs is 1. The van der Waals surface area contributed by atoms with Crippen molar-refractivity contribution in [2.75, 3.05) is 18.4 Å². The summed E-state index contributed by atoms with van der Waals surface area (Å²) in [6, 6.07) is 12.1. The van der Waals surface area contributed by atoms with E-state index in [2.05, 4.69) is 20.5 Å². The summed E-state index contributed by atoms with van der Waals surface area (Å²) in [7, 11) is 0. The maximum atomic E-state index is 12.7. The lowest BCUT2D eigenvalue weighted by Gasteiger charge is -2.32. The Bertz CT molecular complexity index is 878. The predicted octanol–water partition coefficient (Wildman–Crippen LogP) is 2.98. The van der Waals surface area contributed by atoms with E-state index in [0.717, 1.165) is 53.9 Å². The molecule has 0 saturated carbocycles. The molecule has 0 spiro atoms. The van der Waals surface area contributed by atoms with Gasteiger partial charge in [-0.3, -0.25) is 4.79 Å². The number of H-pyrrole nitrogens is 1. The van der Waals surface area contributed by atoms with Crippen LogP contribution < -0.4 is 5.32 Å². The molecule has 0 atom stereocenters. The third-order valence-electron chi connectivity index (χ3n) is 4.73. The monoisotopic (exact) mass is 335 g/mol. The van der Waals surface area contributed by atoms with Crippen LogP contribution in [-0.2, 0) is 0 Å². The van der Waals surface area contributed by atoms with Crippen LogP contribution in [0.4, 0.5) is 5.82 Å². The summed E-state index contributed by atoms with van der Waals surface area (Å²) in [5, 5.41) is 12.8. The van der Waals surface area contributed by atoms with E-state index in [1.807, 2.05) is 54.4 Å². The predicted molar refractivity (Wildman–Crippen MR) is 97.6 cm³/mol. The Kier molecular flexibility index (Phi) is 4.09. The van der Waals surface area contributed by atoms with Gasteiger partial charge in [0.05, 0.1) is 5.69 Å². The summed E-state index contributed by atoms with van der Waals surface area (Å²) in [6.07, 6.45) is 3.71. The molecule has 1 fully saturated rings. The number of anilines is 1. The minimum atomic E-state index is 0.102. The number of benzene rings is 1. The van der Waals surface area contributed by atoms with Crippen molar-refractivity contribution >= 4 is 22.6 Å². The molecule has 4 rings (SSSR count). The number of nitrogens with zero attached hydrogens (tertiary/aromatic N) is 3. The third-order valence-corrected chi connectivity index (χ3v) is 4.73. The molecule has 0 radical (unpaired) electrons. The fourth-order valence-corrected chi connectivity index (χ4v) is 3.28. The number of piperidine rings is 1. The number of likely N-dealkylation sites (tertiary alicyclic amines) is 1. The van der Waals surface area contributed by atoms with Gasteiger partial charge in [-0.1, -0.05) is 6.07 Å².